The van der Waals surface area contributed by atoms with Crippen LogP contribution in [0.25, 0.3) is 0 Å². The van der Waals surface area contributed by atoms with E-state index in [1.165, 1.54) is 12.1 Å². The number of rotatable bonds is 4. The molecule has 4 atom stereocenters. The average molecular weight is 333 g/mol. The second-order valence-electron chi connectivity index (χ2n) is 7.23. The zero-order chi connectivity index (χ0) is 17.5. The minimum Gasteiger partial charge on any atom is -0.377 e. The summed E-state index contributed by atoms with van der Waals surface area (Å²) in [6, 6.07) is 5.83. The first-order valence-corrected chi connectivity index (χ1v) is 8.23. The van der Waals surface area contributed by atoms with E-state index in [0.29, 0.717) is 11.5 Å². The number of benzene rings is 1. The molecule has 130 valence electrons. The Morgan fingerprint density at radius 2 is 2.21 bits per heavy atom. The van der Waals surface area contributed by atoms with Crippen molar-refractivity contribution in [3.8, 4) is 0 Å². The Morgan fingerprint density at radius 3 is 2.92 bits per heavy atom. The van der Waals surface area contributed by atoms with E-state index >= 15 is 0 Å². The van der Waals surface area contributed by atoms with Crippen LogP contribution in [-0.4, -0.2) is 29.7 Å². The number of ether oxygens (including phenoxy) is 1. The van der Waals surface area contributed by atoms with Crippen molar-refractivity contribution in [2.45, 2.75) is 45.4 Å². The lowest BCUT2D eigenvalue weighted by Gasteiger charge is -2.54. The molecule has 0 radical (unpaired) electrons. The van der Waals surface area contributed by atoms with E-state index in [9.17, 15) is 14.9 Å². The molecule has 0 spiro atoms. The van der Waals surface area contributed by atoms with Crippen LogP contribution in [-0.2, 0) is 4.74 Å². The van der Waals surface area contributed by atoms with Gasteiger partial charge in [0, 0.05) is 36.1 Å². The van der Waals surface area contributed by atoms with Crippen molar-refractivity contribution in [3.63, 3.8) is 0 Å². The Labute approximate surface area is 140 Å². The largest absolute Gasteiger partial charge is 0.377 e. The van der Waals surface area contributed by atoms with Crippen LogP contribution in [0.5, 0.6) is 0 Å². The first kappa shape index (κ1) is 16.7. The molecule has 2 amide bonds. The van der Waals surface area contributed by atoms with Gasteiger partial charge < -0.3 is 15.4 Å². The summed E-state index contributed by atoms with van der Waals surface area (Å²) in [4.78, 5) is 22.8. The second kappa shape index (κ2) is 6.05. The summed E-state index contributed by atoms with van der Waals surface area (Å²) in [7, 11) is 0. The predicted octanol–water partition coefficient (Wildman–Crippen LogP) is 2.77. The van der Waals surface area contributed by atoms with Crippen LogP contribution in [0.1, 0.15) is 38.8 Å². The van der Waals surface area contributed by atoms with Gasteiger partial charge in [-0.3, -0.25) is 10.1 Å². The molecule has 1 saturated heterocycles. The second-order valence-corrected chi connectivity index (χ2v) is 7.23. The molecule has 7 nitrogen and oxygen atoms in total. The van der Waals surface area contributed by atoms with Crippen molar-refractivity contribution >= 4 is 11.7 Å². The molecular weight excluding hydrogens is 310 g/mol. The molecule has 2 aliphatic rings. The smallest absolute Gasteiger partial charge is 0.315 e. The van der Waals surface area contributed by atoms with E-state index in [0.717, 1.165) is 13.0 Å². The van der Waals surface area contributed by atoms with Crippen LogP contribution < -0.4 is 10.6 Å². The minimum absolute atomic E-state index is 0.0210. The maximum absolute atomic E-state index is 12.3. The Balaban J connectivity index is 1.61. The van der Waals surface area contributed by atoms with Crippen LogP contribution in [0.4, 0.5) is 10.5 Å². The summed E-state index contributed by atoms with van der Waals surface area (Å²) in [5.74, 6) is 0.374. The number of nitro benzene ring substituents is 1. The van der Waals surface area contributed by atoms with Gasteiger partial charge in [-0.1, -0.05) is 26.0 Å². The highest BCUT2D eigenvalue weighted by Crippen LogP contribution is 2.52. The highest BCUT2D eigenvalue weighted by atomic mass is 16.6. The van der Waals surface area contributed by atoms with E-state index in [4.69, 9.17) is 4.74 Å². The number of carbonyl (C=O) groups is 1. The van der Waals surface area contributed by atoms with Gasteiger partial charge in [0.2, 0.25) is 0 Å². The quantitative estimate of drug-likeness (QED) is 0.654. The number of non-ortho nitro benzene ring substituents is 1. The van der Waals surface area contributed by atoms with Crippen LogP contribution >= 0.6 is 0 Å². The van der Waals surface area contributed by atoms with Gasteiger partial charge in [-0.2, -0.15) is 0 Å². The van der Waals surface area contributed by atoms with Crippen LogP contribution in [0.3, 0.4) is 0 Å². The van der Waals surface area contributed by atoms with Crippen molar-refractivity contribution in [3.05, 3.63) is 39.9 Å². The lowest BCUT2D eigenvalue weighted by atomic mass is 9.57. The third kappa shape index (κ3) is 2.84. The molecule has 2 fully saturated rings. The predicted molar refractivity (Wildman–Crippen MR) is 88.6 cm³/mol. The number of nitro groups is 1. The van der Waals surface area contributed by atoms with Crippen molar-refractivity contribution < 1.29 is 14.5 Å². The molecule has 1 aliphatic carbocycles. The monoisotopic (exact) mass is 333 g/mol. The van der Waals surface area contributed by atoms with Gasteiger partial charge in [0.1, 0.15) is 0 Å². The molecule has 7 heteroatoms. The average Bonchev–Trinajstić information content (AvgIpc) is 3.00. The van der Waals surface area contributed by atoms with Crippen molar-refractivity contribution in [2.24, 2.45) is 11.3 Å². The van der Waals surface area contributed by atoms with E-state index in [2.05, 4.69) is 24.5 Å². The van der Waals surface area contributed by atoms with E-state index < -0.39 is 4.92 Å². The Morgan fingerprint density at radius 1 is 1.46 bits per heavy atom. The highest BCUT2D eigenvalue weighted by molar-refractivity contribution is 5.75. The van der Waals surface area contributed by atoms with Gasteiger partial charge >= 0.3 is 6.03 Å². The number of nitrogens with zero attached hydrogens (tertiary/aromatic N) is 1. The SMILES string of the molecule is C[C@H](NC(=O)N[C@@H]1[C@H]2CCO[C@H]2C1(C)C)c1cccc([N+](=O)[O-])c1. The first-order chi connectivity index (χ1) is 11.3. The van der Waals surface area contributed by atoms with Crippen LogP contribution in [0.15, 0.2) is 24.3 Å². The number of hydrogen-bond donors (Lipinski definition) is 2. The zero-order valence-corrected chi connectivity index (χ0v) is 14.1. The molecule has 0 aromatic heterocycles. The highest BCUT2D eigenvalue weighted by Gasteiger charge is 2.59. The molecule has 1 aromatic carbocycles. The minimum atomic E-state index is -0.437. The number of fused-ring (bicyclic) bond motifs is 1. The molecule has 2 N–H and O–H groups in total. The van der Waals surface area contributed by atoms with Gasteiger partial charge in [-0.25, -0.2) is 4.79 Å². The fraction of sp³-hybridized carbons (Fsp3) is 0.588. The number of amides is 2. The van der Waals surface area contributed by atoms with Gasteiger partial charge in [0.25, 0.3) is 5.69 Å². The Hall–Kier alpha value is -2.15. The number of carbonyl (C=O) groups excluding carboxylic acids is 1. The molecule has 0 bridgehead atoms. The molecule has 24 heavy (non-hydrogen) atoms. The van der Waals surface area contributed by atoms with E-state index in [-0.39, 0.29) is 35.3 Å². The fourth-order valence-electron chi connectivity index (χ4n) is 3.99. The summed E-state index contributed by atoms with van der Waals surface area (Å²) >= 11 is 0. The lowest BCUT2D eigenvalue weighted by Crippen LogP contribution is -2.67. The number of urea groups is 1. The molecule has 1 aromatic rings. The van der Waals surface area contributed by atoms with E-state index in [1.54, 1.807) is 12.1 Å². The fourth-order valence-corrected chi connectivity index (χ4v) is 3.99. The molecule has 0 unspecified atom stereocenters. The maximum Gasteiger partial charge on any atom is 0.315 e. The van der Waals surface area contributed by atoms with Gasteiger partial charge in [0.05, 0.1) is 17.1 Å². The first-order valence-electron chi connectivity index (χ1n) is 8.23. The third-order valence-electron chi connectivity index (χ3n) is 5.32. The molecule has 1 saturated carbocycles. The summed E-state index contributed by atoms with van der Waals surface area (Å²) in [5, 5.41) is 16.8. The lowest BCUT2D eigenvalue weighted by molar-refractivity contribution is -0.384. The van der Waals surface area contributed by atoms with E-state index in [1.807, 2.05) is 6.92 Å². The van der Waals surface area contributed by atoms with Gasteiger partial charge in [-0.15, -0.1) is 0 Å². The summed E-state index contributed by atoms with van der Waals surface area (Å²) < 4.78 is 5.73. The number of hydrogen-bond acceptors (Lipinski definition) is 4. The normalized spacial score (nSPS) is 28.4. The number of nitrogens with one attached hydrogen (secondary N) is 2. The Bertz CT molecular complexity index is 661. The van der Waals surface area contributed by atoms with Crippen molar-refractivity contribution in [1.29, 1.82) is 0 Å². The van der Waals surface area contributed by atoms with Crippen molar-refractivity contribution in [1.82, 2.24) is 10.6 Å². The van der Waals surface area contributed by atoms with Crippen LogP contribution in [0.2, 0.25) is 0 Å². The molecular formula is C17H23N3O4. The molecule has 1 aliphatic heterocycles. The maximum atomic E-state index is 12.3. The molecule has 1 heterocycles. The van der Waals surface area contributed by atoms with Gasteiger partial charge in [-0.05, 0) is 18.9 Å². The summed E-state index contributed by atoms with van der Waals surface area (Å²) in [6.07, 6.45) is 1.19. The van der Waals surface area contributed by atoms with Crippen LogP contribution in [0, 0.1) is 21.4 Å². The topological polar surface area (TPSA) is 93.5 Å². The zero-order valence-electron chi connectivity index (χ0n) is 14.1. The third-order valence-corrected chi connectivity index (χ3v) is 5.32. The Kier molecular flexibility index (Phi) is 4.21. The van der Waals surface area contributed by atoms with Crippen molar-refractivity contribution in [2.75, 3.05) is 6.61 Å². The molecule has 3 rings (SSSR count). The standard InChI is InChI=1S/C17H23N3O4/c1-10(11-5-4-6-12(9-11)20(22)23)18-16(21)19-14-13-7-8-24-15(13)17(14,2)3/h4-6,9-10,13-15H,7-8H2,1-3H3,(H2,18,19,21)/t10-,13+,14+,15+/m0/s1. The van der Waals surface area contributed by atoms with Gasteiger partial charge in [0.15, 0.2) is 0 Å². The summed E-state index contributed by atoms with van der Waals surface area (Å²) in [5.41, 5.74) is 0.648. The summed E-state index contributed by atoms with van der Waals surface area (Å²) in [6.45, 7) is 6.78.